The number of ether oxygens (including phenoxy) is 2. The molecule has 2 saturated heterocycles. The molecule has 6 nitrogen and oxygen atoms in total. The van der Waals surface area contributed by atoms with Gasteiger partial charge in [-0.15, -0.1) is 0 Å². The lowest BCUT2D eigenvalue weighted by molar-refractivity contribution is 0.000258. The Labute approximate surface area is 162 Å². The molecule has 0 radical (unpaired) electrons. The number of hydrogen-bond acceptors (Lipinski definition) is 4. The van der Waals surface area contributed by atoms with Gasteiger partial charge in [-0.1, -0.05) is 18.2 Å². The van der Waals surface area contributed by atoms with Crippen molar-refractivity contribution in [2.75, 3.05) is 53.0 Å². The van der Waals surface area contributed by atoms with Crippen molar-refractivity contribution in [3.63, 3.8) is 0 Å². The molecular weight excluding hydrogens is 342 g/mol. The number of para-hydroxylation sites is 1. The SMILES string of the molecule is COc1ccccc1CCNC(=O)N1CCC([C@@H](C)N2CCOCC2)CC1. The monoisotopic (exact) mass is 375 g/mol. The zero-order chi connectivity index (χ0) is 19.1. The van der Waals surface area contributed by atoms with E-state index < -0.39 is 0 Å². The van der Waals surface area contributed by atoms with Gasteiger partial charge in [0, 0.05) is 38.8 Å². The van der Waals surface area contributed by atoms with Crippen LogP contribution in [0.2, 0.25) is 0 Å². The first-order valence-corrected chi connectivity index (χ1v) is 10.2. The second-order valence-corrected chi connectivity index (χ2v) is 7.51. The van der Waals surface area contributed by atoms with E-state index in [0.717, 1.165) is 70.0 Å². The minimum Gasteiger partial charge on any atom is -0.496 e. The van der Waals surface area contributed by atoms with Crippen molar-refractivity contribution in [1.82, 2.24) is 15.1 Å². The second kappa shape index (κ2) is 9.95. The van der Waals surface area contributed by atoms with Gasteiger partial charge in [0.15, 0.2) is 0 Å². The number of rotatable bonds is 6. The maximum absolute atomic E-state index is 12.5. The molecule has 1 atom stereocenters. The number of nitrogens with one attached hydrogen (secondary N) is 1. The smallest absolute Gasteiger partial charge is 0.317 e. The van der Waals surface area contributed by atoms with E-state index in [-0.39, 0.29) is 6.03 Å². The second-order valence-electron chi connectivity index (χ2n) is 7.51. The molecule has 2 fully saturated rings. The van der Waals surface area contributed by atoms with Gasteiger partial charge < -0.3 is 19.7 Å². The summed E-state index contributed by atoms with van der Waals surface area (Å²) in [7, 11) is 1.68. The average molecular weight is 376 g/mol. The molecule has 0 spiro atoms. The fourth-order valence-electron chi connectivity index (χ4n) is 4.19. The van der Waals surface area contributed by atoms with E-state index in [0.29, 0.717) is 18.5 Å². The Bertz CT molecular complexity index is 596. The number of amides is 2. The summed E-state index contributed by atoms with van der Waals surface area (Å²) < 4.78 is 10.8. The lowest BCUT2D eigenvalue weighted by Gasteiger charge is -2.41. The highest BCUT2D eigenvalue weighted by Crippen LogP contribution is 2.24. The number of morpholine rings is 1. The molecule has 3 rings (SSSR count). The van der Waals surface area contributed by atoms with Gasteiger partial charge in [0.05, 0.1) is 20.3 Å². The van der Waals surface area contributed by atoms with Crippen molar-refractivity contribution in [1.29, 1.82) is 0 Å². The van der Waals surface area contributed by atoms with Crippen LogP contribution in [0.5, 0.6) is 5.75 Å². The van der Waals surface area contributed by atoms with Crippen LogP contribution in [0.3, 0.4) is 0 Å². The van der Waals surface area contributed by atoms with Crippen LogP contribution in [0, 0.1) is 5.92 Å². The van der Waals surface area contributed by atoms with Crippen molar-refractivity contribution < 1.29 is 14.3 Å². The summed E-state index contributed by atoms with van der Waals surface area (Å²) in [5.41, 5.74) is 1.12. The summed E-state index contributed by atoms with van der Waals surface area (Å²) in [4.78, 5) is 17.0. The highest BCUT2D eigenvalue weighted by Gasteiger charge is 2.29. The van der Waals surface area contributed by atoms with E-state index in [1.165, 1.54) is 0 Å². The van der Waals surface area contributed by atoms with Gasteiger partial charge in [0.25, 0.3) is 0 Å². The van der Waals surface area contributed by atoms with E-state index in [2.05, 4.69) is 17.1 Å². The number of likely N-dealkylation sites (tertiary alicyclic amines) is 1. The molecule has 2 aliphatic rings. The van der Waals surface area contributed by atoms with Crippen molar-refractivity contribution in [2.45, 2.75) is 32.2 Å². The van der Waals surface area contributed by atoms with Crippen LogP contribution in [0.1, 0.15) is 25.3 Å². The summed E-state index contributed by atoms with van der Waals surface area (Å²) in [5, 5.41) is 3.06. The highest BCUT2D eigenvalue weighted by molar-refractivity contribution is 5.74. The molecular formula is C21H33N3O3. The molecule has 2 amide bonds. The number of hydrogen-bond donors (Lipinski definition) is 1. The molecule has 0 aromatic heterocycles. The molecule has 0 unspecified atom stereocenters. The third-order valence-corrected chi connectivity index (χ3v) is 5.99. The number of nitrogens with zero attached hydrogens (tertiary/aromatic N) is 2. The Morgan fingerprint density at radius 3 is 2.63 bits per heavy atom. The number of piperidine rings is 1. The standard InChI is InChI=1S/C21H33N3O3/c1-17(23-13-15-27-16-14-23)18-8-11-24(12-9-18)21(25)22-10-7-19-5-3-4-6-20(19)26-2/h3-6,17-18H,7-16H2,1-2H3,(H,22,25)/t17-/m1/s1. The van der Waals surface area contributed by atoms with Crippen molar-refractivity contribution in [3.8, 4) is 5.75 Å². The Morgan fingerprint density at radius 2 is 1.93 bits per heavy atom. The van der Waals surface area contributed by atoms with Gasteiger partial charge in [-0.3, -0.25) is 4.90 Å². The van der Waals surface area contributed by atoms with Gasteiger partial charge in [0.2, 0.25) is 0 Å². The molecule has 2 aliphatic heterocycles. The molecule has 0 bridgehead atoms. The Morgan fingerprint density at radius 1 is 1.22 bits per heavy atom. The summed E-state index contributed by atoms with van der Waals surface area (Å²) in [6.45, 7) is 8.41. The number of methoxy groups -OCH3 is 1. The first-order chi connectivity index (χ1) is 13.2. The van der Waals surface area contributed by atoms with E-state index in [9.17, 15) is 4.79 Å². The van der Waals surface area contributed by atoms with Crippen LogP contribution in [-0.2, 0) is 11.2 Å². The van der Waals surface area contributed by atoms with Gasteiger partial charge in [-0.05, 0) is 43.7 Å². The number of carbonyl (C=O) groups excluding carboxylic acids is 1. The number of carbonyl (C=O) groups is 1. The van der Waals surface area contributed by atoms with Crippen molar-refractivity contribution in [3.05, 3.63) is 29.8 Å². The molecule has 0 saturated carbocycles. The van der Waals surface area contributed by atoms with Gasteiger partial charge in [0.1, 0.15) is 5.75 Å². The molecule has 1 aromatic rings. The van der Waals surface area contributed by atoms with Gasteiger partial charge in [-0.25, -0.2) is 4.79 Å². The minimum atomic E-state index is 0.0578. The van der Waals surface area contributed by atoms with E-state index >= 15 is 0 Å². The molecule has 27 heavy (non-hydrogen) atoms. The van der Waals surface area contributed by atoms with Gasteiger partial charge in [-0.2, -0.15) is 0 Å². The molecule has 0 aliphatic carbocycles. The molecule has 6 heteroatoms. The highest BCUT2D eigenvalue weighted by atomic mass is 16.5. The van der Waals surface area contributed by atoms with Crippen molar-refractivity contribution in [2.24, 2.45) is 5.92 Å². The van der Waals surface area contributed by atoms with Gasteiger partial charge >= 0.3 is 6.03 Å². The Kier molecular flexibility index (Phi) is 7.35. The maximum atomic E-state index is 12.5. The topological polar surface area (TPSA) is 54.0 Å². The van der Waals surface area contributed by atoms with Crippen LogP contribution in [0.15, 0.2) is 24.3 Å². The first kappa shape index (κ1) is 20.0. The summed E-state index contributed by atoms with van der Waals surface area (Å²) in [6, 6.07) is 8.59. The summed E-state index contributed by atoms with van der Waals surface area (Å²) in [6.07, 6.45) is 2.94. The fourth-order valence-corrected chi connectivity index (χ4v) is 4.19. The van der Waals surface area contributed by atoms with Crippen LogP contribution in [0.4, 0.5) is 4.79 Å². The predicted octanol–water partition coefficient (Wildman–Crippen LogP) is 2.38. The predicted molar refractivity (Wildman–Crippen MR) is 106 cm³/mol. The van der Waals surface area contributed by atoms with E-state index in [1.807, 2.05) is 29.2 Å². The maximum Gasteiger partial charge on any atom is 0.317 e. The quantitative estimate of drug-likeness (QED) is 0.829. The molecule has 150 valence electrons. The lowest BCUT2D eigenvalue weighted by atomic mass is 9.89. The third kappa shape index (κ3) is 5.36. The molecule has 2 heterocycles. The summed E-state index contributed by atoms with van der Waals surface area (Å²) in [5.74, 6) is 1.55. The zero-order valence-electron chi connectivity index (χ0n) is 16.7. The average Bonchev–Trinajstić information content (AvgIpc) is 2.74. The number of benzene rings is 1. The fraction of sp³-hybridized carbons (Fsp3) is 0.667. The van der Waals surface area contributed by atoms with Crippen LogP contribution < -0.4 is 10.1 Å². The first-order valence-electron chi connectivity index (χ1n) is 10.2. The third-order valence-electron chi connectivity index (χ3n) is 5.99. The molecule has 1 aromatic carbocycles. The minimum absolute atomic E-state index is 0.0578. The normalized spacial score (nSPS) is 20.3. The largest absolute Gasteiger partial charge is 0.496 e. The van der Waals surface area contributed by atoms with Crippen LogP contribution in [-0.4, -0.2) is 74.9 Å². The number of urea groups is 1. The Balaban J connectivity index is 1.39. The zero-order valence-corrected chi connectivity index (χ0v) is 16.7. The van der Waals surface area contributed by atoms with Crippen molar-refractivity contribution >= 4 is 6.03 Å². The van der Waals surface area contributed by atoms with Crippen LogP contribution in [0.25, 0.3) is 0 Å². The summed E-state index contributed by atoms with van der Waals surface area (Å²) >= 11 is 0. The Hall–Kier alpha value is -1.79. The van der Waals surface area contributed by atoms with Crippen LogP contribution >= 0.6 is 0 Å². The van der Waals surface area contributed by atoms with E-state index in [4.69, 9.17) is 9.47 Å². The molecule has 1 N–H and O–H groups in total. The van der Waals surface area contributed by atoms with E-state index in [1.54, 1.807) is 7.11 Å². The lowest BCUT2D eigenvalue weighted by Crippen LogP contribution is -2.50.